The SMILES string of the molecule is COc1cc(CN2CCC[C@H]2c2cccc(F)c2)ccc1OC(C)C. The van der Waals surface area contributed by atoms with E-state index < -0.39 is 0 Å². The molecule has 0 unspecified atom stereocenters. The Morgan fingerprint density at radius 2 is 2.00 bits per heavy atom. The van der Waals surface area contributed by atoms with Gasteiger partial charge in [-0.25, -0.2) is 4.39 Å². The Labute approximate surface area is 149 Å². The molecule has 1 atom stereocenters. The summed E-state index contributed by atoms with van der Waals surface area (Å²) in [5, 5.41) is 0. The van der Waals surface area contributed by atoms with Crippen LogP contribution in [0.1, 0.15) is 43.9 Å². The fourth-order valence-corrected chi connectivity index (χ4v) is 3.50. The Hall–Kier alpha value is -2.07. The number of rotatable bonds is 6. The molecule has 0 aromatic heterocycles. The van der Waals surface area contributed by atoms with Crippen molar-refractivity contribution in [1.29, 1.82) is 0 Å². The van der Waals surface area contributed by atoms with Gasteiger partial charge in [-0.05, 0) is 68.6 Å². The van der Waals surface area contributed by atoms with E-state index in [2.05, 4.69) is 11.0 Å². The first-order valence-electron chi connectivity index (χ1n) is 8.90. The van der Waals surface area contributed by atoms with Crippen LogP contribution in [0, 0.1) is 5.82 Å². The topological polar surface area (TPSA) is 21.7 Å². The van der Waals surface area contributed by atoms with Crippen LogP contribution in [0.15, 0.2) is 42.5 Å². The molecule has 0 aliphatic carbocycles. The maximum atomic E-state index is 13.6. The van der Waals surface area contributed by atoms with E-state index in [0.717, 1.165) is 43.0 Å². The normalized spacial score (nSPS) is 17.9. The van der Waals surface area contributed by atoms with Crippen LogP contribution in [0.2, 0.25) is 0 Å². The Morgan fingerprint density at radius 3 is 2.72 bits per heavy atom. The van der Waals surface area contributed by atoms with E-state index in [0.29, 0.717) is 0 Å². The number of nitrogens with zero attached hydrogens (tertiary/aromatic N) is 1. The fraction of sp³-hybridized carbons (Fsp3) is 0.429. The predicted octanol–water partition coefficient (Wildman–Crippen LogP) is 4.96. The second-order valence-corrected chi connectivity index (χ2v) is 6.84. The number of methoxy groups -OCH3 is 1. The monoisotopic (exact) mass is 343 g/mol. The molecule has 0 N–H and O–H groups in total. The number of halogens is 1. The highest BCUT2D eigenvalue weighted by Crippen LogP contribution is 2.35. The third kappa shape index (κ3) is 4.31. The molecular weight excluding hydrogens is 317 g/mol. The molecule has 3 nitrogen and oxygen atoms in total. The van der Waals surface area contributed by atoms with Gasteiger partial charge in [0, 0.05) is 12.6 Å². The summed E-state index contributed by atoms with van der Waals surface area (Å²) >= 11 is 0. The van der Waals surface area contributed by atoms with E-state index in [-0.39, 0.29) is 18.0 Å². The summed E-state index contributed by atoms with van der Waals surface area (Å²) < 4.78 is 24.8. The van der Waals surface area contributed by atoms with Gasteiger partial charge in [-0.2, -0.15) is 0 Å². The van der Waals surface area contributed by atoms with Crippen molar-refractivity contribution in [3.63, 3.8) is 0 Å². The molecule has 0 bridgehead atoms. The summed E-state index contributed by atoms with van der Waals surface area (Å²) in [4.78, 5) is 2.41. The van der Waals surface area contributed by atoms with Gasteiger partial charge >= 0.3 is 0 Å². The molecule has 0 saturated carbocycles. The molecule has 0 radical (unpaired) electrons. The Bertz CT molecular complexity index is 717. The van der Waals surface area contributed by atoms with Gasteiger partial charge in [0.15, 0.2) is 11.5 Å². The maximum Gasteiger partial charge on any atom is 0.161 e. The fourth-order valence-electron chi connectivity index (χ4n) is 3.50. The van der Waals surface area contributed by atoms with Crippen molar-refractivity contribution in [3.05, 3.63) is 59.4 Å². The molecule has 4 heteroatoms. The van der Waals surface area contributed by atoms with Crippen LogP contribution in [0.25, 0.3) is 0 Å². The van der Waals surface area contributed by atoms with E-state index in [1.54, 1.807) is 19.2 Å². The van der Waals surface area contributed by atoms with Crippen LogP contribution in [-0.4, -0.2) is 24.7 Å². The third-order valence-electron chi connectivity index (χ3n) is 4.57. The number of likely N-dealkylation sites (tertiary alicyclic amines) is 1. The zero-order valence-corrected chi connectivity index (χ0v) is 15.2. The lowest BCUT2D eigenvalue weighted by atomic mass is 10.0. The minimum atomic E-state index is -0.166. The quantitative estimate of drug-likeness (QED) is 0.740. The molecule has 3 rings (SSSR count). The smallest absolute Gasteiger partial charge is 0.161 e. The number of hydrogen-bond donors (Lipinski definition) is 0. The summed E-state index contributed by atoms with van der Waals surface area (Å²) in [5.74, 6) is 1.36. The number of ether oxygens (including phenoxy) is 2. The highest BCUT2D eigenvalue weighted by Gasteiger charge is 2.26. The van der Waals surface area contributed by atoms with Gasteiger partial charge < -0.3 is 9.47 Å². The van der Waals surface area contributed by atoms with Crippen LogP contribution < -0.4 is 9.47 Å². The van der Waals surface area contributed by atoms with E-state index in [4.69, 9.17) is 9.47 Å². The van der Waals surface area contributed by atoms with Crippen LogP contribution in [-0.2, 0) is 6.54 Å². The molecule has 2 aromatic rings. The Balaban J connectivity index is 1.77. The van der Waals surface area contributed by atoms with Crippen LogP contribution in [0.4, 0.5) is 4.39 Å². The zero-order chi connectivity index (χ0) is 17.8. The predicted molar refractivity (Wildman–Crippen MR) is 97.5 cm³/mol. The van der Waals surface area contributed by atoms with Gasteiger partial charge in [0.25, 0.3) is 0 Å². The van der Waals surface area contributed by atoms with Gasteiger partial charge in [-0.1, -0.05) is 18.2 Å². The second-order valence-electron chi connectivity index (χ2n) is 6.84. The van der Waals surface area contributed by atoms with Crippen molar-refractivity contribution in [3.8, 4) is 11.5 Å². The molecule has 2 aromatic carbocycles. The van der Waals surface area contributed by atoms with Crippen LogP contribution in [0.5, 0.6) is 11.5 Å². The molecule has 1 heterocycles. The van der Waals surface area contributed by atoms with Crippen molar-refractivity contribution in [2.75, 3.05) is 13.7 Å². The third-order valence-corrected chi connectivity index (χ3v) is 4.57. The minimum absolute atomic E-state index is 0.107. The lowest BCUT2D eigenvalue weighted by Crippen LogP contribution is -2.22. The summed E-state index contributed by atoms with van der Waals surface area (Å²) in [6.07, 6.45) is 2.30. The van der Waals surface area contributed by atoms with Gasteiger partial charge in [-0.15, -0.1) is 0 Å². The first-order chi connectivity index (χ1) is 12.1. The van der Waals surface area contributed by atoms with E-state index in [1.165, 1.54) is 11.6 Å². The van der Waals surface area contributed by atoms with Gasteiger partial charge in [-0.3, -0.25) is 4.90 Å². The van der Waals surface area contributed by atoms with E-state index >= 15 is 0 Å². The van der Waals surface area contributed by atoms with Crippen molar-refractivity contribution in [2.45, 2.75) is 45.4 Å². The zero-order valence-electron chi connectivity index (χ0n) is 15.2. The van der Waals surface area contributed by atoms with Crippen molar-refractivity contribution in [1.82, 2.24) is 4.90 Å². The molecule has 1 saturated heterocycles. The molecule has 1 aliphatic heterocycles. The molecule has 1 fully saturated rings. The summed E-state index contributed by atoms with van der Waals surface area (Å²) in [6, 6.07) is 13.3. The van der Waals surface area contributed by atoms with Crippen molar-refractivity contribution >= 4 is 0 Å². The second kappa shape index (κ2) is 7.87. The highest BCUT2D eigenvalue weighted by molar-refractivity contribution is 5.43. The lowest BCUT2D eigenvalue weighted by molar-refractivity contribution is 0.228. The first kappa shape index (κ1) is 17.7. The summed E-state index contributed by atoms with van der Waals surface area (Å²) in [5.41, 5.74) is 2.24. The summed E-state index contributed by atoms with van der Waals surface area (Å²) in [7, 11) is 1.66. The maximum absolute atomic E-state index is 13.6. The average Bonchev–Trinajstić information content (AvgIpc) is 3.04. The van der Waals surface area contributed by atoms with Gasteiger partial charge in [0.2, 0.25) is 0 Å². The molecule has 134 valence electrons. The van der Waals surface area contributed by atoms with Gasteiger partial charge in [0.05, 0.1) is 13.2 Å². The number of hydrogen-bond acceptors (Lipinski definition) is 3. The Morgan fingerprint density at radius 1 is 1.16 bits per heavy atom. The van der Waals surface area contributed by atoms with Crippen molar-refractivity contribution in [2.24, 2.45) is 0 Å². The van der Waals surface area contributed by atoms with Crippen molar-refractivity contribution < 1.29 is 13.9 Å². The largest absolute Gasteiger partial charge is 0.493 e. The van der Waals surface area contributed by atoms with Crippen LogP contribution >= 0.6 is 0 Å². The van der Waals surface area contributed by atoms with E-state index in [1.807, 2.05) is 32.0 Å². The van der Waals surface area contributed by atoms with Gasteiger partial charge in [0.1, 0.15) is 5.82 Å². The molecule has 1 aliphatic rings. The Kier molecular flexibility index (Phi) is 5.59. The number of benzene rings is 2. The minimum Gasteiger partial charge on any atom is -0.493 e. The lowest BCUT2D eigenvalue weighted by Gasteiger charge is -2.25. The molecule has 0 spiro atoms. The van der Waals surface area contributed by atoms with E-state index in [9.17, 15) is 4.39 Å². The molecule has 25 heavy (non-hydrogen) atoms. The molecular formula is C21H26FNO2. The summed E-state index contributed by atoms with van der Waals surface area (Å²) in [6.45, 7) is 5.84. The molecule has 0 amide bonds. The average molecular weight is 343 g/mol. The van der Waals surface area contributed by atoms with Crippen LogP contribution in [0.3, 0.4) is 0 Å². The highest BCUT2D eigenvalue weighted by atomic mass is 19.1. The standard InChI is InChI=1S/C21H26FNO2/c1-15(2)25-20-10-9-16(12-21(20)24-3)14-23-11-5-8-19(23)17-6-4-7-18(22)13-17/h4,6-7,9-10,12-13,15,19H,5,8,11,14H2,1-3H3/t19-/m0/s1. The first-order valence-corrected chi connectivity index (χ1v) is 8.90.